The third kappa shape index (κ3) is 4.66. The number of allylic oxidation sites excluding steroid dienone is 1. The number of hydrogen-bond acceptors (Lipinski definition) is 4. The van der Waals surface area contributed by atoms with E-state index in [1.165, 1.54) is 0 Å². The Labute approximate surface area is 178 Å². The van der Waals surface area contributed by atoms with Crippen LogP contribution in [-0.4, -0.2) is 27.4 Å². The van der Waals surface area contributed by atoms with Crippen LogP contribution in [0.1, 0.15) is 23.6 Å². The van der Waals surface area contributed by atoms with Gasteiger partial charge in [-0.1, -0.05) is 61.2 Å². The predicted octanol–water partition coefficient (Wildman–Crippen LogP) is 5.56. The highest BCUT2D eigenvalue weighted by Gasteiger charge is 2.37. The van der Waals surface area contributed by atoms with Gasteiger partial charge in [0.15, 0.2) is 0 Å². The fraction of sp³-hybridized carbons (Fsp3) is 0.231. The van der Waals surface area contributed by atoms with Crippen molar-refractivity contribution in [3.8, 4) is 11.5 Å². The summed E-state index contributed by atoms with van der Waals surface area (Å²) in [5.41, 5.74) is 2.19. The van der Waals surface area contributed by atoms with Crippen molar-refractivity contribution in [1.29, 1.82) is 0 Å². The van der Waals surface area contributed by atoms with Crippen molar-refractivity contribution in [3.05, 3.63) is 108 Å². The summed E-state index contributed by atoms with van der Waals surface area (Å²) in [7, 11) is 3.32. The van der Waals surface area contributed by atoms with Crippen molar-refractivity contribution in [2.45, 2.75) is 12.5 Å². The second-order valence-corrected chi connectivity index (χ2v) is 6.90. The highest BCUT2D eigenvalue weighted by atomic mass is 16.5. The van der Waals surface area contributed by atoms with E-state index < -0.39 is 5.60 Å². The van der Waals surface area contributed by atoms with Gasteiger partial charge in [-0.15, -0.1) is 0 Å². The van der Waals surface area contributed by atoms with Gasteiger partial charge in [0.2, 0.25) is 0 Å². The summed E-state index contributed by atoms with van der Waals surface area (Å²) >= 11 is 0. The summed E-state index contributed by atoms with van der Waals surface area (Å²) in [4.78, 5) is 0. The molecule has 0 N–H and O–H groups in total. The van der Waals surface area contributed by atoms with Crippen molar-refractivity contribution in [3.63, 3.8) is 0 Å². The molecule has 0 bridgehead atoms. The molecule has 4 heteroatoms. The van der Waals surface area contributed by atoms with Crippen LogP contribution in [0.2, 0.25) is 0 Å². The summed E-state index contributed by atoms with van der Waals surface area (Å²) in [6, 6.07) is 26.1. The summed E-state index contributed by atoms with van der Waals surface area (Å²) in [5.74, 6) is 2.25. The third-order valence-electron chi connectivity index (χ3n) is 4.92. The van der Waals surface area contributed by atoms with Crippen LogP contribution in [0.15, 0.2) is 91.2 Å². The maximum Gasteiger partial charge on any atom is 0.143 e. The van der Waals surface area contributed by atoms with Gasteiger partial charge in [0.25, 0.3) is 0 Å². The van der Waals surface area contributed by atoms with Crippen LogP contribution in [0.3, 0.4) is 0 Å². The number of hydrogen-bond donors (Lipinski definition) is 0. The van der Waals surface area contributed by atoms with E-state index in [2.05, 4.69) is 18.7 Å². The molecule has 0 aromatic heterocycles. The van der Waals surface area contributed by atoms with Gasteiger partial charge in [0.1, 0.15) is 23.7 Å². The van der Waals surface area contributed by atoms with E-state index in [0.717, 1.165) is 28.2 Å². The molecule has 0 atom stereocenters. The molecule has 0 saturated carbocycles. The van der Waals surface area contributed by atoms with Crippen molar-refractivity contribution in [1.82, 2.24) is 0 Å². The summed E-state index contributed by atoms with van der Waals surface area (Å²) < 4.78 is 22.9. The van der Waals surface area contributed by atoms with E-state index in [1.54, 1.807) is 14.2 Å². The quantitative estimate of drug-likeness (QED) is 0.252. The van der Waals surface area contributed by atoms with E-state index in [9.17, 15) is 0 Å². The topological polar surface area (TPSA) is 36.9 Å². The van der Waals surface area contributed by atoms with Crippen LogP contribution in [0.25, 0.3) is 0 Å². The number of methoxy groups -OCH3 is 2. The number of rotatable bonds is 10. The van der Waals surface area contributed by atoms with Crippen LogP contribution in [-0.2, 0) is 15.1 Å². The summed E-state index contributed by atoms with van der Waals surface area (Å²) in [6.07, 6.45) is 0. The Morgan fingerprint density at radius 2 is 1.17 bits per heavy atom. The SMILES string of the molecule is C=C(C)OCCOC(c1ccccc1)(c1ccc(OC)cc1)c1ccc(OC)cc1. The molecular formula is C26H28O4. The highest BCUT2D eigenvalue weighted by Crippen LogP contribution is 2.41. The molecule has 0 aliphatic rings. The van der Waals surface area contributed by atoms with Gasteiger partial charge in [-0.25, -0.2) is 0 Å². The van der Waals surface area contributed by atoms with E-state index in [4.69, 9.17) is 18.9 Å². The van der Waals surface area contributed by atoms with Crippen LogP contribution in [0, 0.1) is 0 Å². The van der Waals surface area contributed by atoms with Gasteiger partial charge in [-0.05, 0) is 47.9 Å². The van der Waals surface area contributed by atoms with Gasteiger partial charge >= 0.3 is 0 Å². The molecule has 4 nitrogen and oxygen atoms in total. The van der Waals surface area contributed by atoms with Crippen molar-refractivity contribution in [2.24, 2.45) is 0 Å². The lowest BCUT2D eigenvalue weighted by Gasteiger charge is -2.36. The van der Waals surface area contributed by atoms with Crippen LogP contribution >= 0.6 is 0 Å². The Bertz CT molecular complexity index is 884. The van der Waals surface area contributed by atoms with E-state index in [1.807, 2.05) is 73.7 Å². The normalized spacial score (nSPS) is 11.0. The number of ether oxygens (including phenoxy) is 4. The first-order valence-electron chi connectivity index (χ1n) is 9.87. The van der Waals surface area contributed by atoms with Crippen LogP contribution < -0.4 is 9.47 Å². The smallest absolute Gasteiger partial charge is 0.143 e. The zero-order chi connectivity index (χ0) is 21.4. The first-order chi connectivity index (χ1) is 14.6. The standard InChI is InChI=1S/C26H28O4/c1-20(2)29-18-19-30-26(21-8-6-5-7-9-21,22-10-14-24(27-3)15-11-22)23-12-16-25(28-4)17-13-23/h5-17H,1,18-19H2,2-4H3. The third-order valence-corrected chi connectivity index (χ3v) is 4.92. The summed E-state index contributed by atoms with van der Waals surface area (Å²) in [6.45, 7) is 6.43. The maximum absolute atomic E-state index is 6.64. The second-order valence-electron chi connectivity index (χ2n) is 6.90. The fourth-order valence-electron chi connectivity index (χ4n) is 3.48. The zero-order valence-electron chi connectivity index (χ0n) is 17.8. The molecule has 0 aliphatic carbocycles. The molecule has 3 aromatic rings. The van der Waals surface area contributed by atoms with Crippen LogP contribution in [0.4, 0.5) is 0 Å². The highest BCUT2D eigenvalue weighted by molar-refractivity contribution is 5.49. The minimum absolute atomic E-state index is 0.389. The molecule has 0 fully saturated rings. The predicted molar refractivity (Wildman–Crippen MR) is 119 cm³/mol. The van der Waals surface area contributed by atoms with Gasteiger partial charge in [-0.2, -0.15) is 0 Å². The van der Waals surface area contributed by atoms with Crippen molar-refractivity contribution < 1.29 is 18.9 Å². The minimum Gasteiger partial charge on any atom is -0.497 e. The Morgan fingerprint density at radius 1 is 0.700 bits per heavy atom. The Kier molecular flexibility index (Phi) is 7.15. The largest absolute Gasteiger partial charge is 0.497 e. The average molecular weight is 405 g/mol. The average Bonchev–Trinajstić information content (AvgIpc) is 2.80. The van der Waals surface area contributed by atoms with Gasteiger partial charge < -0.3 is 18.9 Å². The van der Waals surface area contributed by atoms with Crippen molar-refractivity contribution >= 4 is 0 Å². The monoisotopic (exact) mass is 404 g/mol. The van der Waals surface area contributed by atoms with Gasteiger partial charge in [0, 0.05) is 0 Å². The van der Waals surface area contributed by atoms with Crippen molar-refractivity contribution in [2.75, 3.05) is 27.4 Å². The maximum atomic E-state index is 6.64. The fourth-order valence-corrected chi connectivity index (χ4v) is 3.48. The molecule has 30 heavy (non-hydrogen) atoms. The zero-order valence-corrected chi connectivity index (χ0v) is 17.8. The van der Waals surface area contributed by atoms with Gasteiger partial charge in [0.05, 0.1) is 26.6 Å². The Balaban J connectivity index is 2.14. The molecule has 3 aromatic carbocycles. The second kappa shape index (κ2) is 9.99. The molecule has 0 unspecified atom stereocenters. The van der Waals surface area contributed by atoms with E-state index in [0.29, 0.717) is 19.0 Å². The van der Waals surface area contributed by atoms with E-state index in [-0.39, 0.29) is 0 Å². The first-order valence-corrected chi connectivity index (χ1v) is 9.87. The van der Waals surface area contributed by atoms with Gasteiger partial charge in [-0.3, -0.25) is 0 Å². The summed E-state index contributed by atoms with van der Waals surface area (Å²) in [5, 5.41) is 0. The molecule has 0 radical (unpaired) electrons. The molecule has 0 amide bonds. The first kappa shape index (κ1) is 21.5. The molecular weight excluding hydrogens is 376 g/mol. The molecule has 0 aliphatic heterocycles. The van der Waals surface area contributed by atoms with Crippen LogP contribution in [0.5, 0.6) is 11.5 Å². The molecule has 156 valence electrons. The molecule has 3 rings (SSSR count). The molecule has 0 spiro atoms. The molecule has 0 saturated heterocycles. The van der Waals surface area contributed by atoms with E-state index >= 15 is 0 Å². The Morgan fingerprint density at radius 3 is 1.60 bits per heavy atom. The lowest BCUT2D eigenvalue weighted by Crippen LogP contribution is -2.34. The lowest BCUT2D eigenvalue weighted by atomic mass is 9.80. The lowest BCUT2D eigenvalue weighted by molar-refractivity contribution is -0.0122. The molecule has 0 heterocycles. The Hall–Kier alpha value is -3.24. The minimum atomic E-state index is -0.821. The number of benzene rings is 3.